The van der Waals surface area contributed by atoms with Crippen LogP contribution in [0, 0.1) is 0 Å². The Morgan fingerprint density at radius 2 is 0.740 bits per heavy atom. The van der Waals surface area contributed by atoms with Gasteiger partial charge in [-0.25, -0.2) is 0 Å². The van der Waals surface area contributed by atoms with E-state index in [9.17, 15) is 19.5 Å². The van der Waals surface area contributed by atoms with Gasteiger partial charge in [-0.2, -0.15) is 0 Å². The van der Waals surface area contributed by atoms with Crippen LogP contribution in [-0.4, -0.2) is 82.3 Å². The molecule has 0 spiro atoms. The first kappa shape index (κ1) is 73.7. The molecule has 9 nitrogen and oxygen atoms in total. The van der Waals surface area contributed by atoms with E-state index in [1.54, 1.807) is 0 Å². The highest BCUT2D eigenvalue weighted by Crippen LogP contribution is 2.17. The Bertz CT molecular complexity index is 1490. The molecule has 0 amide bonds. The number of nitrogens with zero attached hydrogens (tertiary/aromatic N) is 1. The number of carboxylic acid groups (broad SMARTS) is 1. The zero-order valence-electron chi connectivity index (χ0n) is 50.8. The van der Waals surface area contributed by atoms with Gasteiger partial charge < -0.3 is 33.3 Å². The minimum absolute atomic E-state index is 0.146. The standard InChI is InChI=1S/C68H121NO8/c1-6-8-10-12-14-16-18-20-22-24-26-28-30-31-32-33-34-35-37-39-41-43-45-47-49-51-53-55-57-59-66(71)77-64(63-76-68(67(72)73)74-61-60-69(3,4)5)62-75-65(70)58-56-54-52-50-48-46-44-42-40-38-36-29-27-25-23-21-19-17-15-13-11-9-7-2/h8,10,14,16,20,22,26,28,31-32,34-35,64,68H,6-7,9,11-13,15,17-19,21,23-25,27,29-30,33,36-63H2,1-5H3/b10-8-,16-14-,22-20-,28-26-,32-31-,35-34-. The molecule has 0 saturated carbocycles. The number of carbonyl (C=O) groups excluding carboxylic acids is 3. The molecule has 2 unspecified atom stereocenters. The number of quaternary nitrogens is 1. The Labute approximate surface area is 475 Å². The van der Waals surface area contributed by atoms with E-state index in [0.29, 0.717) is 23.9 Å². The number of hydrogen-bond donors (Lipinski definition) is 0. The number of ether oxygens (including phenoxy) is 4. The SMILES string of the molecule is CC/C=C\C/C=C\C/C=C\C/C=C\C/C=C\C/C=C\CCCCCCCCCCCCC(=O)OC(COC(=O)CCCCCCCCCCCCCCCCCCCCCCCCC)COC(OCC[N+](C)(C)C)C(=O)[O-]. The number of likely N-dealkylation sites (N-methyl/N-ethyl adjacent to an activating group) is 1. The number of carbonyl (C=O) groups is 3. The Balaban J connectivity index is 4.19. The lowest BCUT2D eigenvalue weighted by Crippen LogP contribution is -2.44. The second-order valence-electron chi connectivity index (χ2n) is 22.7. The monoisotopic (exact) mass is 1080 g/mol. The second kappa shape index (κ2) is 58.9. The summed E-state index contributed by atoms with van der Waals surface area (Å²) >= 11 is 0. The molecule has 0 bridgehead atoms. The van der Waals surface area contributed by atoms with Gasteiger partial charge in [-0.05, 0) is 64.2 Å². The Kier molecular flexibility index (Phi) is 56.4. The lowest BCUT2D eigenvalue weighted by molar-refractivity contribution is -0.870. The fraction of sp³-hybridized carbons (Fsp3) is 0.779. The predicted molar refractivity (Wildman–Crippen MR) is 325 cm³/mol. The molecule has 0 aliphatic heterocycles. The van der Waals surface area contributed by atoms with Gasteiger partial charge in [0.25, 0.3) is 0 Å². The number of hydrogen-bond acceptors (Lipinski definition) is 8. The summed E-state index contributed by atoms with van der Waals surface area (Å²) < 4.78 is 22.8. The summed E-state index contributed by atoms with van der Waals surface area (Å²) in [5, 5.41) is 11.8. The first-order chi connectivity index (χ1) is 37.6. The molecule has 0 radical (unpaired) electrons. The van der Waals surface area contributed by atoms with Crippen molar-refractivity contribution in [2.24, 2.45) is 0 Å². The van der Waals surface area contributed by atoms with Gasteiger partial charge >= 0.3 is 11.9 Å². The maximum atomic E-state index is 12.9. The van der Waals surface area contributed by atoms with Crippen molar-refractivity contribution in [2.45, 2.75) is 296 Å². The molecule has 2 atom stereocenters. The molecule has 0 rings (SSSR count). The minimum Gasteiger partial charge on any atom is -0.545 e. The molecular weight excluding hydrogens is 959 g/mol. The molecule has 0 heterocycles. The van der Waals surface area contributed by atoms with E-state index in [-0.39, 0.29) is 32.2 Å². The van der Waals surface area contributed by atoms with Crippen LogP contribution >= 0.6 is 0 Å². The van der Waals surface area contributed by atoms with Crippen molar-refractivity contribution in [1.29, 1.82) is 0 Å². The van der Waals surface area contributed by atoms with E-state index >= 15 is 0 Å². The van der Waals surface area contributed by atoms with Gasteiger partial charge in [0, 0.05) is 12.8 Å². The van der Waals surface area contributed by atoms with Crippen LogP contribution in [0.5, 0.6) is 0 Å². The average Bonchev–Trinajstić information content (AvgIpc) is 3.40. The van der Waals surface area contributed by atoms with Crippen LogP contribution < -0.4 is 5.11 Å². The molecule has 0 saturated heterocycles. The third-order valence-corrected chi connectivity index (χ3v) is 14.0. The van der Waals surface area contributed by atoms with Crippen molar-refractivity contribution in [1.82, 2.24) is 0 Å². The van der Waals surface area contributed by atoms with Crippen molar-refractivity contribution in [2.75, 3.05) is 47.5 Å². The lowest BCUT2D eigenvalue weighted by atomic mass is 10.0. The smallest absolute Gasteiger partial charge is 0.306 e. The molecule has 0 aliphatic carbocycles. The topological polar surface area (TPSA) is 111 Å². The molecule has 0 N–H and O–H groups in total. The van der Waals surface area contributed by atoms with E-state index in [1.807, 2.05) is 21.1 Å². The van der Waals surface area contributed by atoms with Crippen molar-refractivity contribution in [3.63, 3.8) is 0 Å². The number of allylic oxidation sites excluding steroid dienone is 12. The maximum Gasteiger partial charge on any atom is 0.306 e. The van der Waals surface area contributed by atoms with Gasteiger partial charge in [0.15, 0.2) is 12.4 Å². The summed E-state index contributed by atoms with van der Waals surface area (Å²) in [6.07, 6.45) is 73.9. The lowest BCUT2D eigenvalue weighted by Gasteiger charge is -2.26. The number of esters is 2. The minimum atomic E-state index is -1.62. The molecule has 0 aromatic heterocycles. The molecule has 0 aromatic carbocycles. The highest BCUT2D eigenvalue weighted by molar-refractivity contribution is 5.70. The van der Waals surface area contributed by atoms with Gasteiger partial charge in [-0.15, -0.1) is 0 Å². The molecule has 0 aliphatic rings. The van der Waals surface area contributed by atoms with Crippen LogP contribution in [0.3, 0.4) is 0 Å². The zero-order chi connectivity index (χ0) is 56.2. The summed E-state index contributed by atoms with van der Waals surface area (Å²) in [6, 6.07) is 0. The second-order valence-corrected chi connectivity index (χ2v) is 22.7. The summed E-state index contributed by atoms with van der Waals surface area (Å²) in [5.74, 6) is -2.28. The van der Waals surface area contributed by atoms with Crippen LogP contribution in [0.4, 0.5) is 0 Å². The summed E-state index contributed by atoms with van der Waals surface area (Å²) in [4.78, 5) is 37.4. The zero-order valence-corrected chi connectivity index (χ0v) is 50.8. The van der Waals surface area contributed by atoms with Gasteiger partial charge in [0.05, 0.1) is 40.3 Å². The largest absolute Gasteiger partial charge is 0.545 e. The third kappa shape index (κ3) is 60.2. The highest BCUT2D eigenvalue weighted by Gasteiger charge is 2.22. The van der Waals surface area contributed by atoms with Crippen LogP contribution in [-0.2, 0) is 33.3 Å². The highest BCUT2D eigenvalue weighted by atomic mass is 16.7. The Hall–Kier alpha value is -3.27. The van der Waals surface area contributed by atoms with Crippen LogP contribution in [0.2, 0.25) is 0 Å². The molecule has 9 heteroatoms. The quantitative estimate of drug-likeness (QED) is 0.0195. The van der Waals surface area contributed by atoms with Gasteiger partial charge in [-0.1, -0.05) is 279 Å². The fourth-order valence-corrected chi connectivity index (χ4v) is 9.07. The molecule has 0 aromatic rings. The van der Waals surface area contributed by atoms with E-state index < -0.39 is 24.3 Å². The average molecular weight is 1080 g/mol. The summed E-state index contributed by atoms with van der Waals surface area (Å²) in [7, 11) is 5.93. The van der Waals surface area contributed by atoms with Crippen LogP contribution in [0.25, 0.3) is 0 Å². The van der Waals surface area contributed by atoms with E-state index in [0.717, 1.165) is 83.5 Å². The first-order valence-electron chi connectivity index (χ1n) is 32.1. The summed E-state index contributed by atoms with van der Waals surface area (Å²) in [5.41, 5.74) is 0. The molecule has 446 valence electrons. The van der Waals surface area contributed by atoms with Crippen LogP contribution in [0.15, 0.2) is 72.9 Å². The predicted octanol–water partition coefficient (Wildman–Crippen LogP) is 18.0. The molecule has 77 heavy (non-hydrogen) atoms. The van der Waals surface area contributed by atoms with Crippen molar-refractivity contribution in [3.8, 4) is 0 Å². The third-order valence-electron chi connectivity index (χ3n) is 14.0. The van der Waals surface area contributed by atoms with Crippen LogP contribution in [0.1, 0.15) is 284 Å². The Morgan fingerprint density at radius 1 is 0.403 bits per heavy atom. The number of rotatable bonds is 59. The van der Waals surface area contributed by atoms with E-state index in [2.05, 4.69) is 86.8 Å². The molecular formula is C68H121NO8. The fourth-order valence-electron chi connectivity index (χ4n) is 9.07. The first-order valence-corrected chi connectivity index (χ1v) is 32.1. The molecule has 0 fully saturated rings. The summed E-state index contributed by atoms with van der Waals surface area (Å²) in [6.45, 7) is 4.67. The normalized spacial score (nSPS) is 13.2. The van der Waals surface area contributed by atoms with Crippen molar-refractivity contribution < 1.29 is 42.9 Å². The van der Waals surface area contributed by atoms with Gasteiger partial charge in [-0.3, -0.25) is 9.59 Å². The van der Waals surface area contributed by atoms with Crippen molar-refractivity contribution >= 4 is 17.9 Å². The van der Waals surface area contributed by atoms with E-state index in [4.69, 9.17) is 18.9 Å². The number of unbranched alkanes of at least 4 members (excludes halogenated alkanes) is 32. The number of aliphatic carboxylic acids is 1. The Morgan fingerprint density at radius 3 is 1.10 bits per heavy atom. The van der Waals surface area contributed by atoms with Gasteiger partial charge in [0.2, 0.25) is 0 Å². The van der Waals surface area contributed by atoms with Crippen molar-refractivity contribution in [3.05, 3.63) is 72.9 Å². The number of carboxylic acids is 1. The van der Waals surface area contributed by atoms with Gasteiger partial charge in [0.1, 0.15) is 13.2 Å². The maximum absolute atomic E-state index is 12.9. The van der Waals surface area contributed by atoms with E-state index in [1.165, 1.54) is 167 Å².